The maximum Gasteiger partial charge on any atom is 0.412 e. The number of nitrogens with one attached hydrogen (secondary N) is 6. The van der Waals surface area contributed by atoms with E-state index in [2.05, 4.69) is 38.0 Å². The zero-order valence-corrected chi connectivity index (χ0v) is 46.9. The molecule has 3 aromatic rings. The van der Waals surface area contributed by atoms with Crippen molar-refractivity contribution in [3.05, 3.63) is 89.5 Å². The highest BCUT2D eigenvalue weighted by Crippen LogP contribution is 2.33. The van der Waals surface area contributed by atoms with Crippen LogP contribution in [0.3, 0.4) is 0 Å². The third-order valence-corrected chi connectivity index (χ3v) is 13.7. The molecule has 0 unspecified atom stereocenters. The molecule has 79 heavy (non-hydrogen) atoms. The summed E-state index contributed by atoms with van der Waals surface area (Å²) in [5, 5.41) is 17.3. The van der Waals surface area contributed by atoms with Gasteiger partial charge in [0, 0.05) is 30.9 Å². The number of carbonyl (C=O) groups is 8. The van der Waals surface area contributed by atoms with Crippen molar-refractivity contribution in [3.63, 3.8) is 0 Å². The quantitative estimate of drug-likeness (QED) is 0.0562. The predicted molar refractivity (Wildman–Crippen MR) is 296 cm³/mol. The van der Waals surface area contributed by atoms with Crippen molar-refractivity contribution in [2.45, 2.75) is 148 Å². The first-order valence-corrected chi connectivity index (χ1v) is 27.3. The fraction of sp³-hybridized carbons (Fsp3) is 0.552. The van der Waals surface area contributed by atoms with E-state index in [-0.39, 0.29) is 70.5 Å². The van der Waals surface area contributed by atoms with E-state index in [1.54, 1.807) is 97.0 Å². The molecule has 6 N–H and O–H groups in total. The van der Waals surface area contributed by atoms with Crippen LogP contribution in [0.15, 0.2) is 72.8 Å². The Labute approximate surface area is 463 Å². The minimum absolute atomic E-state index is 0.0253. The average Bonchev–Trinajstić information content (AvgIpc) is 3.87. The molecule has 3 aromatic carbocycles. The molecule has 430 valence electrons. The Kier molecular flexibility index (Phi) is 22.2. The van der Waals surface area contributed by atoms with Gasteiger partial charge >= 0.3 is 12.2 Å². The van der Waals surface area contributed by atoms with Crippen LogP contribution in [0.5, 0.6) is 0 Å². The molecule has 3 aliphatic rings. The lowest BCUT2D eigenvalue weighted by Gasteiger charge is -2.36. The molecule has 6 rings (SSSR count). The summed E-state index contributed by atoms with van der Waals surface area (Å²) >= 11 is 0. The summed E-state index contributed by atoms with van der Waals surface area (Å²) in [6, 6.07) is 17.2. The number of fused-ring (bicyclic) bond motifs is 1. The van der Waals surface area contributed by atoms with E-state index >= 15 is 0 Å². The zero-order valence-electron chi connectivity index (χ0n) is 46.9. The van der Waals surface area contributed by atoms with Crippen molar-refractivity contribution in [1.29, 1.82) is 0 Å². The molecule has 2 aliphatic carbocycles. The van der Waals surface area contributed by atoms with E-state index in [1.807, 2.05) is 18.2 Å². The van der Waals surface area contributed by atoms with Crippen LogP contribution in [0.2, 0.25) is 0 Å². The second-order valence-corrected chi connectivity index (χ2v) is 22.3. The van der Waals surface area contributed by atoms with Crippen molar-refractivity contribution >= 4 is 64.7 Å². The number of benzene rings is 3. The molecule has 0 aromatic heterocycles. The molecule has 0 bridgehead atoms. The number of carbonyl (C=O) groups excluding carboxylic acids is 8. The van der Waals surface area contributed by atoms with Crippen molar-refractivity contribution in [1.82, 2.24) is 25.8 Å². The van der Waals surface area contributed by atoms with E-state index in [9.17, 15) is 38.4 Å². The fourth-order valence-electron chi connectivity index (χ4n) is 9.72. The summed E-state index contributed by atoms with van der Waals surface area (Å²) in [6.45, 7) is 11.9. The molecular formula is C58H80N8O13. The molecule has 1 heterocycles. The molecular weight excluding hydrogens is 1020 g/mol. The summed E-state index contributed by atoms with van der Waals surface area (Å²) in [6.07, 6.45) is 5.48. The zero-order chi connectivity index (χ0) is 57.3. The number of rotatable bonds is 22. The maximum absolute atomic E-state index is 14.9. The van der Waals surface area contributed by atoms with Crippen LogP contribution in [0.25, 0.3) is 0 Å². The first-order valence-electron chi connectivity index (χ1n) is 27.3. The Morgan fingerprint density at radius 3 is 1.94 bits per heavy atom. The Morgan fingerprint density at radius 2 is 1.28 bits per heavy atom. The van der Waals surface area contributed by atoms with Crippen LogP contribution in [-0.2, 0) is 54.1 Å². The first kappa shape index (κ1) is 61.1. The number of likely N-dealkylation sites (tertiary alicyclic amines) is 1. The SMILES string of the molecule is C[C@@H](C(=O)N[C@H](C(=O)N1C[C@@H](NC(=O)COCCOCCOCC(=O)Nc2ccc(C(=O)Nc3ccccc3NC(=O)OC(C)(C)C)cc2)C[C@H]1C(=O)N[C@@H]1CCCc2ccccc21)C1CCCCC1)N(C)C(=O)OC(C)(C)C. The largest absolute Gasteiger partial charge is 0.444 e. The number of ether oxygens (including phenoxy) is 5. The van der Waals surface area contributed by atoms with Crippen LogP contribution < -0.4 is 31.9 Å². The van der Waals surface area contributed by atoms with Gasteiger partial charge < -0.3 is 55.2 Å². The summed E-state index contributed by atoms with van der Waals surface area (Å²) < 4.78 is 27.5. The molecule has 0 spiro atoms. The minimum atomic E-state index is -0.976. The van der Waals surface area contributed by atoms with Gasteiger partial charge in [-0.2, -0.15) is 0 Å². The fourth-order valence-corrected chi connectivity index (χ4v) is 9.72. The Hall–Kier alpha value is -7.10. The van der Waals surface area contributed by atoms with E-state index in [4.69, 9.17) is 23.7 Å². The van der Waals surface area contributed by atoms with Crippen molar-refractivity contribution in [3.8, 4) is 0 Å². The lowest BCUT2D eigenvalue weighted by atomic mass is 9.83. The monoisotopic (exact) mass is 1100 g/mol. The minimum Gasteiger partial charge on any atom is -0.444 e. The molecule has 2 fully saturated rings. The van der Waals surface area contributed by atoms with Crippen LogP contribution >= 0.6 is 0 Å². The number of nitrogens with zero attached hydrogens (tertiary/aromatic N) is 2. The number of para-hydroxylation sites is 2. The van der Waals surface area contributed by atoms with Gasteiger partial charge in [0.25, 0.3) is 5.91 Å². The number of hydrogen-bond acceptors (Lipinski definition) is 13. The van der Waals surface area contributed by atoms with Crippen molar-refractivity contribution in [2.24, 2.45) is 5.92 Å². The molecule has 21 heteroatoms. The molecule has 1 saturated carbocycles. The van der Waals surface area contributed by atoms with E-state index in [1.165, 1.54) is 16.8 Å². The van der Waals surface area contributed by atoms with E-state index in [0.717, 1.165) is 49.7 Å². The summed E-state index contributed by atoms with van der Waals surface area (Å²) in [7, 11) is 1.47. The molecule has 1 aliphatic heterocycles. The van der Waals surface area contributed by atoms with Gasteiger partial charge in [0.1, 0.15) is 42.5 Å². The van der Waals surface area contributed by atoms with Crippen LogP contribution in [-0.4, -0.2) is 146 Å². The summed E-state index contributed by atoms with van der Waals surface area (Å²) in [5.74, 6) is -2.80. The van der Waals surface area contributed by atoms with E-state index in [0.29, 0.717) is 35.5 Å². The number of anilines is 3. The normalized spacial score (nSPS) is 18.2. The lowest BCUT2D eigenvalue weighted by Crippen LogP contribution is -2.59. The van der Waals surface area contributed by atoms with Gasteiger partial charge in [-0.25, -0.2) is 9.59 Å². The third kappa shape index (κ3) is 19.1. The topological polar surface area (TPSA) is 261 Å². The smallest absolute Gasteiger partial charge is 0.412 e. The van der Waals surface area contributed by atoms with Gasteiger partial charge in [-0.3, -0.25) is 39.0 Å². The summed E-state index contributed by atoms with van der Waals surface area (Å²) in [4.78, 5) is 110. The average molecular weight is 1100 g/mol. The van der Waals surface area contributed by atoms with Crippen LogP contribution in [0.4, 0.5) is 26.7 Å². The van der Waals surface area contributed by atoms with Crippen LogP contribution in [0, 0.1) is 5.92 Å². The van der Waals surface area contributed by atoms with Gasteiger partial charge in [-0.1, -0.05) is 55.7 Å². The highest BCUT2D eigenvalue weighted by Gasteiger charge is 2.45. The maximum atomic E-state index is 14.9. The standard InChI is InChI=1S/C58H80N8O13/c1-37(65(8)56(74)79-58(5,6)7)51(69)64-50(39-18-10-9-11-19-39)54(72)66-34-42(33-47(66)53(71)61-44-24-16-20-38-17-12-13-21-43(38)44)60-49(68)36-77-32-30-75-29-31-76-35-48(67)59-41-27-25-40(26-28-41)52(70)62-45-22-14-15-23-46(45)63-55(73)78-57(2,3)4/h12-15,17,21-23,25-28,37,39,42,44,47,50H,9-11,16,18-20,24,29-36H2,1-8H3,(H,59,67)(H,60,68)(H,61,71)(H,62,70)(H,63,73)(H,64,69)/t37-,42-,44+,47-,50-/m0/s1. The molecule has 1 saturated heterocycles. The molecule has 0 radical (unpaired) electrons. The second-order valence-electron chi connectivity index (χ2n) is 22.3. The Morgan fingerprint density at radius 1 is 0.671 bits per heavy atom. The van der Waals surface area contributed by atoms with E-state index < -0.39 is 77.1 Å². The number of aryl methyl sites for hydroxylation is 1. The van der Waals surface area contributed by atoms with Gasteiger partial charge in [-0.05, 0) is 140 Å². The highest BCUT2D eigenvalue weighted by molar-refractivity contribution is 6.07. The number of likely N-dealkylation sites (N-methyl/N-ethyl adjacent to an activating group) is 1. The Balaban J connectivity index is 0.946. The Bertz CT molecular complexity index is 2590. The van der Waals surface area contributed by atoms with Crippen molar-refractivity contribution in [2.75, 3.05) is 69.2 Å². The van der Waals surface area contributed by atoms with Crippen molar-refractivity contribution < 1.29 is 62.0 Å². The third-order valence-electron chi connectivity index (χ3n) is 13.7. The lowest BCUT2D eigenvalue weighted by molar-refractivity contribution is -0.143. The number of hydrogen-bond donors (Lipinski definition) is 6. The van der Waals surface area contributed by atoms with Gasteiger partial charge in [0.15, 0.2) is 0 Å². The predicted octanol–water partition coefficient (Wildman–Crippen LogP) is 6.87. The van der Waals surface area contributed by atoms with Gasteiger partial charge in [0.2, 0.25) is 29.5 Å². The van der Waals surface area contributed by atoms with Crippen LogP contribution in [0.1, 0.15) is 127 Å². The van der Waals surface area contributed by atoms with Gasteiger partial charge in [0.05, 0.1) is 43.8 Å². The molecule has 5 atom stereocenters. The van der Waals surface area contributed by atoms with Gasteiger partial charge in [-0.15, -0.1) is 0 Å². The summed E-state index contributed by atoms with van der Waals surface area (Å²) in [5.41, 5.74) is 2.22. The highest BCUT2D eigenvalue weighted by atomic mass is 16.6. The number of amides is 8. The molecule has 21 nitrogen and oxygen atoms in total. The first-order chi connectivity index (χ1) is 37.5. The second kappa shape index (κ2) is 28.7. The molecule has 8 amide bonds.